The fraction of sp³-hybridized carbons (Fsp3) is 0.333. The Balaban J connectivity index is 1.92. The van der Waals surface area contributed by atoms with Gasteiger partial charge in [-0.05, 0) is 25.1 Å². The molecule has 0 bridgehead atoms. The molecule has 0 N–H and O–H groups in total. The number of nitrogens with zero attached hydrogens (tertiary/aromatic N) is 7. The van der Waals surface area contributed by atoms with E-state index in [2.05, 4.69) is 20.5 Å². The van der Waals surface area contributed by atoms with Crippen molar-refractivity contribution in [2.45, 2.75) is 33.0 Å². The van der Waals surface area contributed by atoms with Crippen LogP contribution in [0.15, 0.2) is 28.8 Å². The molecule has 0 unspecified atom stereocenters. The highest BCUT2D eigenvalue weighted by molar-refractivity contribution is 6.05. The lowest BCUT2D eigenvalue weighted by Crippen LogP contribution is -2.33. The van der Waals surface area contributed by atoms with Crippen molar-refractivity contribution in [1.82, 2.24) is 25.1 Å². The monoisotopic (exact) mass is 419 g/mol. The molecular weight excluding hydrogens is 403 g/mol. The van der Waals surface area contributed by atoms with Crippen LogP contribution in [0.25, 0.3) is 0 Å². The second kappa shape index (κ2) is 8.32. The van der Waals surface area contributed by atoms with E-state index < -0.39 is 17.6 Å². The maximum Gasteiger partial charge on any atom is 0.416 e. The van der Waals surface area contributed by atoms with E-state index in [9.17, 15) is 18.0 Å². The molecule has 0 aliphatic carbocycles. The summed E-state index contributed by atoms with van der Waals surface area (Å²) in [5.74, 6) is 0.0302. The summed E-state index contributed by atoms with van der Waals surface area (Å²) in [4.78, 5) is 18.2. The summed E-state index contributed by atoms with van der Waals surface area (Å²) in [5, 5.41) is 20.4. The number of hydrogen-bond donors (Lipinski definition) is 0. The number of hydrogen-bond acceptors (Lipinski definition) is 7. The normalized spacial score (nSPS) is 11.3. The first-order valence-electron chi connectivity index (χ1n) is 8.76. The maximum absolute atomic E-state index is 13.1. The third-order valence-corrected chi connectivity index (χ3v) is 4.22. The van der Waals surface area contributed by atoms with Crippen LogP contribution in [0.5, 0.6) is 0 Å². The number of anilines is 1. The molecule has 0 atom stereocenters. The quantitative estimate of drug-likeness (QED) is 0.603. The zero-order chi connectivity index (χ0) is 21.9. The average Bonchev–Trinajstić information content (AvgIpc) is 3.27. The number of benzene rings is 1. The first kappa shape index (κ1) is 21.0. The molecule has 0 fully saturated rings. The van der Waals surface area contributed by atoms with Crippen LogP contribution in [0, 0.1) is 25.2 Å². The fourth-order valence-electron chi connectivity index (χ4n) is 2.74. The summed E-state index contributed by atoms with van der Waals surface area (Å²) in [6.45, 7) is 3.22. The second-order valence-electron chi connectivity index (χ2n) is 6.32. The Morgan fingerprint density at radius 2 is 2.10 bits per heavy atom. The Labute approximate surface area is 168 Å². The van der Waals surface area contributed by atoms with Crippen molar-refractivity contribution < 1.29 is 22.5 Å². The molecule has 0 saturated carbocycles. The third-order valence-electron chi connectivity index (χ3n) is 4.22. The summed E-state index contributed by atoms with van der Waals surface area (Å²) < 4.78 is 45.5. The number of alkyl halides is 3. The van der Waals surface area contributed by atoms with Gasteiger partial charge in [0.15, 0.2) is 11.5 Å². The van der Waals surface area contributed by atoms with Gasteiger partial charge in [-0.3, -0.25) is 4.79 Å². The molecule has 0 spiro atoms. The van der Waals surface area contributed by atoms with Crippen molar-refractivity contribution in [1.29, 1.82) is 5.26 Å². The minimum absolute atomic E-state index is 0.00724. The minimum atomic E-state index is -4.57. The molecule has 9 nitrogen and oxygen atoms in total. The van der Waals surface area contributed by atoms with E-state index in [1.165, 1.54) is 16.8 Å². The van der Waals surface area contributed by atoms with Crippen LogP contribution in [0.1, 0.15) is 39.9 Å². The lowest BCUT2D eigenvalue weighted by atomic mass is 10.1. The molecular formula is C18H16F3N7O2. The Bertz CT molecular complexity index is 1100. The SMILES string of the molecule is Cc1nc(Cn2nnc(C(=O)N(CCC#N)c3cccc(C(F)(F)F)c3)c2C)no1. The van der Waals surface area contributed by atoms with Gasteiger partial charge in [-0.25, -0.2) is 4.68 Å². The molecule has 2 heterocycles. The lowest BCUT2D eigenvalue weighted by molar-refractivity contribution is -0.137. The van der Waals surface area contributed by atoms with Crippen LogP contribution in [0.4, 0.5) is 18.9 Å². The molecule has 156 valence electrons. The first-order chi connectivity index (χ1) is 14.2. The van der Waals surface area contributed by atoms with Crippen molar-refractivity contribution >= 4 is 11.6 Å². The Hall–Kier alpha value is -3.75. The molecule has 0 aliphatic heterocycles. The number of rotatable bonds is 6. The predicted octanol–water partition coefficient (Wildman–Crippen LogP) is 2.91. The van der Waals surface area contributed by atoms with E-state index in [1.54, 1.807) is 13.8 Å². The molecule has 3 aromatic rings. The highest BCUT2D eigenvalue weighted by Gasteiger charge is 2.32. The first-order valence-corrected chi connectivity index (χ1v) is 8.76. The van der Waals surface area contributed by atoms with Crippen molar-refractivity contribution in [2.24, 2.45) is 0 Å². The molecule has 1 amide bonds. The van der Waals surface area contributed by atoms with E-state index >= 15 is 0 Å². The van der Waals surface area contributed by atoms with Crippen LogP contribution in [0.2, 0.25) is 0 Å². The van der Waals surface area contributed by atoms with Gasteiger partial charge in [-0.2, -0.15) is 23.4 Å². The predicted molar refractivity (Wildman–Crippen MR) is 96.2 cm³/mol. The number of aryl methyl sites for hydroxylation is 1. The molecule has 30 heavy (non-hydrogen) atoms. The third kappa shape index (κ3) is 4.45. The van der Waals surface area contributed by atoms with E-state index in [4.69, 9.17) is 9.78 Å². The van der Waals surface area contributed by atoms with Gasteiger partial charge in [0.1, 0.15) is 6.54 Å². The van der Waals surface area contributed by atoms with Gasteiger partial charge in [0, 0.05) is 19.2 Å². The number of halogens is 3. The minimum Gasteiger partial charge on any atom is -0.340 e. The summed E-state index contributed by atoms with van der Waals surface area (Å²) in [7, 11) is 0. The van der Waals surface area contributed by atoms with Crippen LogP contribution >= 0.6 is 0 Å². The molecule has 0 aliphatic rings. The molecule has 3 rings (SSSR count). The number of carbonyl (C=O) groups is 1. The Kier molecular flexibility index (Phi) is 5.81. The summed E-state index contributed by atoms with van der Waals surface area (Å²) in [5.41, 5.74) is -0.572. The summed E-state index contributed by atoms with van der Waals surface area (Å²) in [6.07, 6.45) is -4.64. The smallest absolute Gasteiger partial charge is 0.340 e. The molecule has 12 heteroatoms. The Morgan fingerprint density at radius 3 is 2.73 bits per heavy atom. The maximum atomic E-state index is 13.1. The van der Waals surface area contributed by atoms with Gasteiger partial charge >= 0.3 is 6.18 Å². The fourth-order valence-corrected chi connectivity index (χ4v) is 2.74. The van der Waals surface area contributed by atoms with Crippen LogP contribution in [0.3, 0.4) is 0 Å². The molecule has 0 radical (unpaired) electrons. The van der Waals surface area contributed by atoms with Gasteiger partial charge in [-0.1, -0.05) is 16.4 Å². The van der Waals surface area contributed by atoms with Gasteiger partial charge in [0.05, 0.1) is 23.7 Å². The molecule has 1 aromatic carbocycles. The molecule has 0 saturated heterocycles. The molecule has 2 aromatic heterocycles. The highest BCUT2D eigenvalue weighted by atomic mass is 19.4. The van der Waals surface area contributed by atoms with E-state index in [0.717, 1.165) is 17.0 Å². The zero-order valence-corrected chi connectivity index (χ0v) is 16.0. The standard InChI is InChI=1S/C18H16F3N7O2/c1-11-16(24-26-28(11)10-15-23-12(2)30-25-15)17(29)27(8-4-7-22)14-6-3-5-13(9-14)18(19,20)21/h3,5-6,9H,4,8,10H2,1-2H3. The van der Waals surface area contributed by atoms with Gasteiger partial charge in [0.25, 0.3) is 5.91 Å². The van der Waals surface area contributed by atoms with E-state index in [1.807, 2.05) is 6.07 Å². The number of amides is 1. The van der Waals surface area contributed by atoms with Crippen LogP contribution < -0.4 is 4.90 Å². The number of aromatic nitrogens is 5. The topological polar surface area (TPSA) is 114 Å². The van der Waals surface area contributed by atoms with Gasteiger partial charge in [-0.15, -0.1) is 5.10 Å². The average molecular weight is 419 g/mol. The van der Waals surface area contributed by atoms with Gasteiger partial charge in [0.2, 0.25) is 5.89 Å². The largest absolute Gasteiger partial charge is 0.416 e. The number of nitriles is 1. The van der Waals surface area contributed by atoms with Crippen LogP contribution in [-0.2, 0) is 12.7 Å². The van der Waals surface area contributed by atoms with Gasteiger partial charge < -0.3 is 9.42 Å². The Morgan fingerprint density at radius 1 is 1.33 bits per heavy atom. The summed E-state index contributed by atoms with van der Waals surface area (Å²) >= 11 is 0. The second-order valence-corrected chi connectivity index (χ2v) is 6.32. The van der Waals surface area contributed by atoms with Crippen LogP contribution in [-0.4, -0.2) is 37.6 Å². The van der Waals surface area contributed by atoms with Crippen molar-refractivity contribution in [3.8, 4) is 6.07 Å². The highest BCUT2D eigenvalue weighted by Crippen LogP contribution is 2.32. The van der Waals surface area contributed by atoms with E-state index in [0.29, 0.717) is 17.4 Å². The van der Waals surface area contributed by atoms with Crippen molar-refractivity contribution in [2.75, 3.05) is 11.4 Å². The number of carbonyl (C=O) groups excluding carboxylic acids is 1. The summed E-state index contributed by atoms with van der Waals surface area (Å²) in [6, 6.07) is 6.22. The van der Waals surface area contributed by atoms with Crippen molar-refractivity contribution in [3.05, 3.63) is 52.9 Å². The zero-order valence-electron chi connectivity index (χ0n) is 16.0. The van der Waals surface area contributed by atoms with Crippen molar-refractivity contribution in [3.63, 3.8) is 0 Å². The van der Waals surface area contributed by atoms with E-state index in [-0.39, 0.29) is 30.9 Å². The lowest BCUT2D eigenvalue weighted by Gasteiger charge is -2.22.